The number of rotatable bonds is 3. The van der Waals surface area contributed by atoms with Crippen LogP contribution in [0.3, 0.4) is 0 Å². The zero-order chi connectivity index (χ0) is 19.3. The first-order valence-corrected chi connectivity index (χ1v) is 9.45. The molecule has 0 saturated carbocycles. The van der Waals surface area contributed by atoms with Crippen molar-refractivity contribution in [1.82, 2.24) is 15.2 Å². The van der Waals surface area contributed by atoms with E-state index in [-0.39, 0.29) is 18.0 Å². The number of benzene rings is 2. The predicted octanol–water partition coefficient (Wildman–Crippen LogP) is 3.66. The predicted molar refractivity (Wildman–Crippen MR) is 109 cm³/mol. The van der Waals surface area contributed by atoms with Gasteiger partial charge in [-0.25, -0.2) is 4.79 Å². The van der Waals surface area contributed by atoms with Crippen molar-refractivity contribution in [1.29, 1.82) is 0 Å². The molecule has 3 amide bonds. The van der Waals surface area contributed by atoms with Gasteiger partial charge in [0, 0.05) is 36.9 Å². The largest absolute Gasteiger partial charge is 0.349 e. The Morgan fingerprint density at radius 1 is 0.964 bits per heavy atom. The van der Waals surface area contributed by atoms with Crippen molar-refractivity contribution in [3.63, 3.8) is 0 Å². The highest BCUT2D eigenvalue weighted by molar-refractivity contribution is 6.01. The van der Waals surface area contributed by atoms with E-state index in [2.05, 4.69) is 15.6 Å². The van der Waals surface area contributed by atoms with Gasteiger partial charge in [0.05, 0.1) is 11.3 Å². The first kappa shape index (κ1) is 18.0. The first-order chi connectivity index (χ1) is 13.7. The normalized spacial score (nSPS) is 14.6. The lowest BCUT2D eigenvalue weighted by Gasteiger charge is -2.32. The molecule has 2 heterocycles. The van der Waals surface area contributed by atoms with Gasteiger partial charge in [-0.2, -0.15) is 0 Å². The highest BCUT2D eigenvalue weighted by Crippen LogP contribution is 2.23. The molecule has 0 bridgehead atoms. The molecule has 0 radical (unpaired) electrons. The summed E-state index contributed by atoms with van der Waals surface area (Å²) < 4.78 is 0. The van der Waals surface area contributed by atoms with E-state index in [1.54, 1.807) is 29.4 Å². The minimum absolute atomic E-state index is 0.0642. The number of urea groups is 1. The molecule has 6 heteroatoms. The maximum atomic E-state index is 12.7. The Bertz CT molecular complexity index is 977. The van der Waals surface area contributed by atoms with E-state index < -0.39 is 0 Å². The summed E-state index contributed by atoms with van der Waals surface area (Å²) in [6.45, 7) is 1.21. The summed E-state index contributed by atoms with van der Waals surface area (Å²) in [5, 5.41) is 8.18. The molecule has 0 unspecified atom stereocenters. The number of pyridine rings is 1. The number of hydrogen-bond acceptors (Lipinski definition) is 3. The number of fused-ring (bicyclic) bond motifs is 1. The number of carbonyl (C=O) groups excluding carboxylic acids is 2. The standard InChI is InChI=1S/C22H22N4O2/c27-21(17-7-4-12-23-15-17)24-18-10-13-26(14-11-18)22(28)25-20-9-3-6-16-5-1-2-8-19(16)20/h1-9,12,15,18H,10-11,13-14H2,(H,24,27)(H,25,28). The quantitative estimate of drug-likeness (QED) is 0.735. The van der Waals surface area contributed by atoms with E-state index in [9.17, 15) is 9.59 Å². The first-order valence-electron chi connectivity index (χ1n) is 9.45. The minimum Gasteiger partial charge on any atom is -0.349 e. The highest BCUT2D eigenvalue weighted by Gasteiger charge is 2.24. The van der Waals surface area contributed by atoms with Crippen LogP contribution in [0.25, 0.3) is 10.8 Å². The second-order valence-corrected chi connectivity index (χ2v) is 6.93. The molecule has 1 aromatic heterocycles. The van der Waals surface area contributed by atoms with Crippen LogP contribution in [0.2, 0.25) is 0 Å². The number of carbonyl (C=O) groups is 2. The van der Waals surface area contributed by atoms with E-state index in [1.165, 1.54) is 0 Å². The van der Waals surface area contributed by atoms with Crippen molar-refractivity contribution in [3.8, 4) is 0 Å². The fourth-order valence-electron chi connectivity index (χ4n) is 3.52. The molecular formula is C22H22N4O2. The van der Waals surface area contributed by atoms with E-state index >= 15 is 0 Å². The Balaban J connectivity index is 1.33. The Hall–Kier alpha value is -3.41. The Morgan fingerprint density at radius 3 is 2.54 bits per heavy atom. The van der Waals surface area contributed by atoms with Crippen LogP contribution in [0, 0.1) is 0 Å². The van der Waals surface area contributed by atoms with Crippen LogP contribution in [-0.4, -0.2) is 41.0 Å². The van der Waals surface area contributed by atoms with Crippen LogP contribution >= 0.6 is 0 Å². The molecule has 2 N–H and O–H groups in total. The van der Waals surface area contributed by atoms with Gasteiger partial charge in [-0.1, -0.05) is 36.4 Å². The molecule has 142 valence electrons. The Morgan fingerprint density at radius 2 is 1.75 bits per heavy atom. The third kappa shape index (κ3) is 3.96. The lowest BCUT2D eigenvalue weighted by atomic mass is 10.0. The van der Waals surface area contributed by atoms with Crippen molar-refractivity contribution in [3.05, 3.63) is 72.6 Å². The summed E-state index contributed by atoms with van der Waals surface area (Å²) in [5.74, 6) is -0.119. The van der Waals surface area contributed by atoms with Crippen LogP contribution < -0.4 is 10.6 Å². The van der Waals surface area contributed by atoms with Gasteiger partial charge < -0.3 is 15.5 Å². The van der Waals surface area contributed by atoms with E-state index in [1.807, 2.05) is 42.5 Å². The molecule has 4 rings (SSSR count). The summed E-state index contributed by atoms with van der Waals surface area (Å²) in [6, 6.07) is 17.3. The topological polar surface area (TPSA) is 74.3 Å². The van der Waals surface area contributed by atoms with Crippen LogP contribution in [0.15, 0.2) is 67.0 Å². The molecular weight excluding hydrogens is 352 g/mol. The second kappa shape index (κ2) is 8.08. The molecule has 6 nitrogen and oxygen atoms in total. The van der Waals surface area contributed by atoms with Crippen LogP contribution in [0.5, 0.6) is 0 Å². The summed E-state index contributed by atoms with van der Waals surface area (Å²) in [5.41, 5.74) is 1.37. The lowest BCUT2D eigenvalue weighted by Crippen LogP contribution is -2.47. The zero-order valence-electron chi connectivity index (χ0n) is 15.5. The summed E-state index contributed by atoms with van der Waals surface area (Å²) in [4.78, 5) is 30.7. The number of aromatic nitrogens is 1. The van der Waals surface area contributed by atoms with Crippen molar-refractivity contribution < 1.29 is 9.59 Å². The lowest BCUT2D eigenvalue weighted by molar-refractivity contribution is 0.0919. The molecule has 1 aliphatic rings. The van der Waals surface area contributed by atoms with Crippen LogP contribution in [0.4, 0.5) is 10.5 Å². The number of anilines is 1. The molecule has 1 fully saturated rings. The van der Waals surface area contributed by atoms with Gasteiger partial charge in [-0.3, -0.25) is 9.78 Å². The maximum absolute atomic E-state index is 12.7. The number of piperidine rings is 1. The third-order valence-electron chi connectivity index (χ3n) is 5.07. The number of nitrogens with zero attached hydrogens (tertiary/aromatic N) is 2. The van der Waals surface area contributed by atoms with Crippen LogP contribution in [0.1, 0.15) is 23.2 Å². The van der Waals surface area contributed by atoms with Crippen LogP contribution in [-0.2, 0) is 0 Å². The summed E-state index contributed by atoms with van der Waals surface area (Å²) >= 11 is 0. The summed E-state index contributed by atoms with van der Waals surface area (Å²) in [6.07, 6.45) is 4.66. The maximum Gasteiger partial charge on any atom is 0.321 e. The van der Waals surface area contributed by atoms with Crippen molar-refractivity contribution in [2.45, 2.75) is 18.9 Å². The number of nitrogens with one attached hydrogen (secondary N) is 2. The van der Waals surface area contributed by atoms with Crippen molar-refractivity contribution in [2.75, 3.05) is 18.4 Å². The summed E-state index contributed by atoms with van der Waals surface area (Å²) in [7, 11) is 0. The molecule has 1 aliphatic heterocycles. The molecule has 2 aromatic carbocycles. The van der Waals surface area contributed by atoms with Gasteiger partial charge >= 0.3 is 6.03 Å². The average Bonchev–Trinajstić information content (AvgIpc) is 2.75. The molecule has 0 aliphatic carbocycles. The molecule has 0 spiro atoms. The van der Waals surface area contributed by atoms with Gasteiger partial charge in [-0.15, -0.1) is 0 Å². The fraction of sp³-hybridized carbons (Fsp3) is 0.227. The number of amides is 3. The SMILES string of the molecule is O=C(NC1CCN(C(=O)Nc2cccc3ccccc23)CC1)c1cccnc1. The van der Waals surface area contributed by atoms with Gasteiger partial charge in [0.25, 0.3) is 5.91 Å². The number of likely N-dealkylation sites (tertiary alicyclic amines) is 1. The van der Waals surface area contributed by atoms with E-state index in [0.29, 0.717) is 18.7 Å². The van der Waals surface area contributed by atoms with Gasteiger partial charge in [0.15, 0.2) is 0 Å². The van der Waals surface area contributed by atoms with Gasteiger partial charge in [0.1, 0.15) is 0 Å². The Kier molecular flexibility index (Phi) is 5.19. The monoisotopic (exact) mass is 374 g/mol. The smallest absolute Gasteiger partial charge is 0.321 e. The zero-order valence-corrected chi connectivity index (χ0v) is 15.5. The van der Waals surface area contributed by atoms with Crippen molar-refractivity contribution in [2.24, 2.45) is 0 Å². The minimum atomic E-state index is -0.119. The average molecular weight is 374 g/mol. The van der Waals surface area contributed by atoms with Crippen molar-refractivity contribution >= 4 is 28.4 Å². The van der Waals surface area contributed by atoms with Gasteiger partial charge in [-0.05, 0) is 36.4 Å². The molecule has 0 atom stereocenters. The van der Waals surface area contributed by atoms with E-state index in [4.69, 9.17) is 0 Å². The van der Waals surface area contributed by atoms with Gasteiger partial charge in [0.2, 0.25) is 0 Å². The molecule has 1 saturated heterocycles. The second-order valence-electron chi connectivity index (χ2n) is 6.93. The fourth-order valence-corrected chi connectivity index (χ4v) is 3.52. The third-order valence-corrected chi connectivity index (χ3v) is 5.07. The highest BCUT2D eigenvalue weighted by atomic mass is 16.2. The van der Waals surface area contributed by atoms with E-state index in [0.717, 1.165) is 29.3 Å². The Labute approximate surface area is 163 Å². The molecule has 3 aromatic rings. The number of hydrogen-bond donors (Lipinski definition) is 2. The molecule has 28 heavy (non-hydrogen) atoms.